The van der Waals surface area contributed by atoms with Gasteiger partial charge in [-0.05, 0) is 36.8 Å². The van der Waals surface area contributed by atoms with Crippen molar-refractivity contribution in [2.24, 2.45) is 7.05 Å². The van der Waals surface area contributed by atoms with Crippen LogP contribution in [0.3, 0.4) is 0 Å². The van der Waals surface area contributed by atoms with Crippen molar-refractivity contribution < 1.29 is 23.1 Å². The molecule has 5 rings (SSSR count). The van der Waals surface area contributed by atoms with E-state index in [9.17, 15) is 23.1 Å². The van der Waals surface area contributed by atoms with E-state index in [0.29, 0.717) is 27.5 Å². The zero-order chi connectivity index (χ0) is 24.0. The maximum atomic E-state index is 13.1. The van der Waals surface area contributed by atoms with Gasteiger partial charge in [0.15, 0.2) is 5.65 Å². The molecule has 5 aromatic rings. The van der Waals surface area contributed by atoms with Crippen LogP contribution in [-0.4, -0.2) is 37.0 Å². The van der Waals surface area contributed by atoms with Gasteiger partial charge in [0.1, 0.15) is 4.83 Å². The van der Waals surface area contributed by atoms with Crippen molar-refractivity contribution in [2.75, 3.05) is 6.61 Å². The first-order chi connectivity index (χ1) is 16.3. The maximum Gasteiger partial charge on any atom is 0.416 e. The molecule has 1 amide bonds. The highest BCUT2D eigenvalue weighted by Crippen LogP contribution is 2.38. The summed E-state index contributed by atoms with van der Waals surface area (Å²) in [5.41, 5.74) is 2.04. The highest BCUT2D eigenvalue weighted by atomic mass is 32.1. The van der Waals surface area contributed by atoms with E-state index >= 15 is 0 Å². The first-order valence-electron chi connectivity index (χ1n) is 10.2. The van der Waals surface area contributed by atoms with Gasteiger partial charge in [0.05, 0.1) is 22.0 Å². The molecule has 0 radical (unpaired) electrons. The van der Waals surface area contributed by atoms with E-state index in [0.717, 1.165) is 27.8 Å². The zero-order valence-electron chi connectivity index (χ0n) is 17.7. The molecule has 0 fully saturated rings. The maximum absolute atomic E-state index is 13.1. The summed E-state index contributed by atoms with van der Waals surface area (Å²) in [4.78, 5) is 19.1. The summed E-state index contributed by atoms with van der Waals surface area (Å²) < 4.78 is 42.5. The highest BCUT2D eigenvalue weighted by molar-refractivity contribution is 7.20. The van der Waals surface area contributed by atoms with Crippen molar-refractivity contribution in [3.8, 4) is 5.69 Å². The minimum atomic E-state index is -4.43. The second-order valence-corrected chi connectivity index (χ2v) is 9.64. The van der Waals surface area contributed by atoms with Crippen LogP contribution in [0.15, 0.2) is 48.2 Å². The molecule has 12 heteroatoms. The van der Waals surface area contributed by atoms with Crippen molar-refractivity contribution in [1.82, 2.24) is 24.6 Å². The Balaban J connectivity index is 1.56. The number of nitrogens with one attached hydrogen (secondary N) is 1. The van der Waals surface area contributed by atoms with Crippen LogP contribution in [0.25, 0.3) is 26.9 Å². The number of thiazole rings is 1. The van der Waals surface area contributed by atoms with Gasteiger partial charge in [-0.3, -0.25) is 19.0 Å². The van der Waals surface area contributed by atoms with Crippen LogP contribution in [0, 0.1) is 0 Å². The molecule has 1 aromatic carbocycles. The molecule has 0 spiro atoms. The number of aromatic nitrogens is 4. The number of hydrogen-bond donors (Lipinski definition) is 2. The number of alkyl halides is 3. The van der Waals surface area contributed by atoms with Gasteiger partial charge in [0, 0.05) is 47.4 Å². The summed E-state index contributed by atoms with van der Waals surface area (Å²) in [7, 11) is 1.76. The van der Waals surface area contributed by atoms with E-state index in [1.807, 2.05) is 6.20 Å². The zero-order valence-corrected chi connectivity index (χ0v) is 19.3. The number of rotatable bonds is 6. The Bertz CT molecular complexity index is 1470. The number of carbonyl (C=O) groups excluding carboxylic acids is 1. The number of thiophene rings is 1. The fraction of sp³-hybridized carbons (Fsp3) is 0.227. The summed E-state index contributed by atoms with van der Waals surface area (Å²) in [6, 6.07) is 6.26. The number of carbonyl (C=O) groups is 1. The second kappa shape index (κ2) is 8.53. The molecule has 0 saturated heterocycles. The average molecular weight is 506 g/mol. The third-order valence-electron chi connectivity index (χ3n) is 5.42. The highest BCUT2D eigenvalue weighted by Gasteiger charge is 2.30. The number of aliphatic hydroxyl groups is 1. The molecule has 0 saturated carbocycles. The van der Waals surface area contributed by atoms with E-state index < -0.39 is 11.7 Å². The normalized spacial score (nSPS) is 13.1. The summed E-state index contributed by atoms with van der Waals surface area (Å²) >= 11 is 2.63. The molecule has 4 heterocycles. The lowest BCUT2D eigenvalue weighted by molar-refractivity contribution is -0.137. The predicted molar refractivity (Wildman–Crippen MR) is 124 cm³/mol. The van der Waals surface area contributed by atoms with Crippen molar-refractivity contribution >= 4 is 49.8 Å². The minimum absolute atomic E-state index is 0.0927. The summed E-state index contributed by atoms with van der Waals surface area (Å²) in [5, 5.41) is 18.4. The fourth-order valence-electron chi connectivity index (χ4n) is 3.86. The van der Waals surface area contributed by atoms with Crippen LogP contribution in [0.5, 0.6) is 0 Å². The van der Waals surface area contributed by atoms with Gasteiger partial charge in [-0.15, -0.1) is 22.7 Å². The van der Waals surface area contributed by atoms with Crippen LogP contribution < -0.4 is 5.32 Å². The number of aliphatic hydroxyl groups excluding tert-OH is 1. The Hall–Kier alpha value is -3.22. The van der Waals surface area contributed by atoms with Crippen molar-refractivity contribution in [1.29, 1.82) is 0 Å². The number of aryl methyl sites for hydroxylation is 1. The monoisotopic (exact) mass is 505 g/mol. The van der Waals surface area contributed by atoms with Gasteiger partial charge in [-0.2, -0.15) is 18.3 Å². The van der Waals surface area contributed by atoms with Crippen molar-refractivity contribution in [3.63, 3.8) is 0 Å². The largest absolute Gasteiger partial charge is 0.416 e. The molecule has 34 heavy (non-hydrogen) atoms. The van der Waals surface area contributed by atoms with Gasteiger partial charge >= 0.3 is 6.18 Å². The van der Waals surface area contributed by atoms with E-state index in [1.165, 1.54) is 34.8 Å². The third kappa shape index (κ3) is 3.97. The molecule has 7 nitrogen and oxygen atoms in total. The average Bonchev–Trinajstić information content (AvgIpc) is 3.56. The Morgan fingerprint density at radius 3 is 2.65 bits per heavy atom. The minimum Gasteiger partial charge on any atom is -0.396 e. The molecule has 0 unspecified atom stereocenters. The molecule has 0 aliphatic carbocycles. The number of amides is 1. The summed E-state index contributed by atoms with van der Waals surface area (Å²) in [5.74, 6) is -0.302. The molecule has 0 aliphatic rings. The topological polar surface area (TPSA) is 85.0 Å². The number of hydrogen-bond acceptors (Lipinski definition) is 6. The molecule has 4 aromatic heterocycles. The first kappa shape index (κ1) is 22.6. The van der Waals surface area contributed by atoms with Gasteiger partial charge in [-0.25, -0.2) is 0 Å². The standard InChI is InChI=1S/C22H18F3N5O2S2/c1-29-10-15-14-8-17(20(32)27-16(6-7-31)18-9-26-11-33-18)34-21(14)30(19(15)28-29)13-4-2-12(3-5-13)22(23,24)25/h2-5,8-11,16,31H,6-7H2,1H3,(H,27,32)/t16-/m0/s1. The van der Waals surface area contributed by atoms with Crippen molar-refractivity contribution in [2.45, 2.75) is 18.6 Å². The van der Waals surface area contributed by atoms with E-state index in [1.54, 1.807) is 34.1 Å². The van der Waals surface area contributed by atoms with Crippen LogP contribution in [-0.2, 0) is 13.2 Å². The lowest BCUT2D eigenvalue weighted by Crippen LogP contribution is -2.28. The number of nitrogens with zero attached hydrogens (tertiary/aromatic N) is 4. The quantitative estimate of drug-likeness (QED) is 0.344. The van der Waals surface area contributed by atoms with Crippen LogP contribution >= 0.6 is 22.7 Å². The molecular formula is C22H18F3N5O2S2. The lowest BCUT2D eigenvalue weighted by Gasteiger charge is -2.15. The van der Waals surface area contributed by atoms with Gasteiger partial charge in [0.2, 0.25) is 0 Å². The SMILES string of the molecule is Cn1cc2c3cc(C(=O)N[C@@H](CCO)c4cncs4)sc3n(-c3ccc(C(F)(F)F)cc3)c2n1. The smallest absolute Gasteiger partial charge is 0.396 e. The van der Waals surface area contributed by atoms with E-state index in [4.69, 9.17) is 0 Å². The van der Waals surface area contributed by atoms with E-state index in [-0.39, 0.29) is 18.6 Å². The Morgan fingerprint density at radius 2 is 2.00 bits per heavy atom. The molecule has 0 bridgehead atoms. The number of benzene rings is 1. The number of fused-ring (bicyclic) bond motifs is 3. The Labute approximate surface area is 199 Å². The van der Waals surface area contributed by atoms with Crippen molar-refractivity contribution in [3.05, 3.63) is 63.6 Å². The summed E-state index contributed by atoms with van der Waals surface area (Å²) in [6.45, 7) is -0.0927. The number of halogens is 3. The van der Waals surface area contributed by atoms with Crippen LogP contribution in [0.1, 0.15) is 32.6 Å². The van der Waals surface area contributed by atoms with Crippen LogP contribution in [0.2, 0.25) is 0 Å². The third-order valence-corrected chi connectivity index (χ3v) is 7.43. The second-order valence-electron chi connectivity index (χ2n) is 7.69. The van der Waals surface area contributed by atoms with Gasteiger partial charge < -0.3 is 10.4 Å². The van der Waals surface area contributed by atoms with Gasteiger partial charge in [-0.1, -0.05) is 0 Å². The lowest BCUT2D eigenvalue weighted by atomic mass is 10.2. The van der Waals surface area contributed by atoms with Crippen LogP contribution in [0.4, 0.5) is 13.2 Å². The van der Waals surface area contributed by atoms with E-state index in [2.05, 4.69) is 15.4 Å². The molecular weight excluding hydrogens is 487 g/mol. The molecule has 2 N–H and O–H groups in total. The van der Waals surface area contributed by atoms with Gasteiger partial charge in [0.25, 0.3) is 5.91 Å². The summed E-state index contributed by atoms with van der Waals surface area (Å²) in [6.07, 6.45) is -0.599. The molecule has 0 aliphatic heterocycles. The molecule has 1 atom stereocenters. The fourth-order valence-corrected chi connectivity index (χ4v) is 5.67. The first-order valence-corrected chi connectivity index (χ1v) is 11.9. The predicted octanol–water partition coefficient (Wildman–Crippen LogP) is 4.91. The Kier molecular flexibility index (Phi) is 5.66. The Morgan fingerprint density at radius 1 is 1.24 bits per heavy atom. The molecule has 176 valence electrons.